The number of carbonyl (C=O) groups excluding carboxylic acids is 2. The Bertz CT molecular complexity index is 448. The molecule has 16 heavy (non-hydrogen) atoms. The van der Waals surface area contributed by atoms with Crippen LogP contribution in [0.5, 0.6) is 0 Å². The molecular weight excluding hydrogens is 222 g/mol. The van der Waals surface area contributed by atoms with Crippen LogP contribution in [0.1, 0.15) is 19.4 Å². The van der Waals surface area contributed by atoms with Crippen molar-refractivity contribution in [2.75, 3.05) is 0 Å². The van der Waals surface area contributed by atoms with Gasteiger partial charge in [0, 0.05) is 17.7 Å². The van der Waals surface area contributed by atoms with Gasteiger partial charge in [0.05, 0.1) is 0 Å². The van der Waals surface area contributed by atoms with Crippen LogP contribution in [0, 0.1) is 0 Å². The van der Waals surface area contributed by atoms with E-state index in [9.17, 15) is 9.59 Å². The molecule has 0 saturated carbocycles. The van der Waals surface area contributed by atoms with Crippen LogP contribution in [0.15, 0.2) is 28.5 Å². The van der Waals surface area contributed by atoms with Crippen molar-refractivity contribution in [3.8, 4) is 0 Å². The fourth-order valence-electron chi connectivity index (χ4n) is 1.87. The van der Waals surface area contributed by atoms with E-state index in [0.717, 1.165) is 6.42 Å². The highest BCUT2D eigenvalue weighted by Gasteiger charge is 2.32. The molecule has 3 nitrogen and oxygen atoms in total. The van der Waals surface area contributed by atoms with Crippen molar-refractivity contribution in [3.05, 3.63) is 34.0 Å². The molecule has 2 rings (SSSR count). The van der Waals surface area contributed by atoms with E-state index in [-0.39, 0.29) is 17.9 Å². The van der Waals surface area contributed by atoms with Crippen molar-refractivity contribution in [1.82, 2.24) is 4.90 Å². The van der Waals surface area contributed by atoms with E-state index in [1.807, 2.05) is 23.8 Å². The first-order valence-electron chi connectivity index (χ1n) is 5.16. The summed E-state index contributed by atoms with van der Waals surface area (Å²) < 4.78 is 0. The number of amides is 2. The lowest BCUT2D eigenvalue weighted by Crippen LogP contribution is -2.39. The average molecular weight is 235 g/mol. The summed E-state index contributed by atoms with van der Waals surface area (Å²) >= 11 is 1.62. The number of imide groups is 1. The molecule has 1 aromatic rings. The molecule has 0 radical (unpaired) electrons. The molecule has 0 saturated heterocycles. The van der Waals surface area contributed by atoms with Crippen LogP contribution in [0.3, 0.4) is 0 Å². The summed E-state index contributed by atoms with van der Waals surface area (Å²) in [5, 5.41) is 4.04. The summed E-state index contributed by atoms with van der Waals surface area (Å²) in [5.41, 5.74) is 1.70. The first-order chi connectivity index (χ1) is 7.59. The molecule has 2 heterocycles. The molecule has 2 amide bonds. The Kier molecular flexibility index (Phi) is 2.92. The van der Waals surface area contributed by atoms with Crippen molar-refractivity contribution < 1.29 is 9.59 Å². The van der Waals surface area contributed by atoms with Gasteiger partial charge in [-0.15, -0.1) is 0 Å². The maximum Gasteiger partial charge on any atom is 0.256 e. The van der Waals surface area contributed by atoms with Gasteiger partial charge in [0.15, 0.2) is 0 Å². The Morgan fingerprint density at radius 3 is 2.69 bits per heavy atom. The zero-order valence-electron chi connectivity index (χ0n) is 9.27. The topological polar surface area (TPSA) is 37.4 Å². The third-order valence-electron chi connectivity index (χ3n) is 2.69. The van der Waals surface area contributed by atoms with Gasteiger partial charge in [-0.05, 0) is 42.7 Å². The minimum absolute atomic E-state index is 0.0803. The molecule has 84 valence electrons. The lowest BCUT2D eigenvalue weighted by Gasteiger charge is -2.22. The van der Waals surface area contributed by atoms with E-state index in [2.05, 4.69) is 0 Å². The van der Waals surface area contributed by atoms with Crippen LogP contribution < -0.4 is 0 Å². The molecule has 1 aromatic heterocycles. The van der Waals surface area contributed by atoms with Crippen LogP contribution in [0.25, 0.3) is 0 Å². The zero-order valence-corrected chi connectivity index (χ0v) is 10.1. The summed E-state index contributed by atoms with van der Waals surface area (Å²) in [4.78, 5) is 24.7. The molecule has 0 spiro atoms. The Labute approximate surface area is 98.4 Å². The van der Waals surface area contributed by atoms with Gasteiger partial charge < -0.3 is 0 Å². The van der Waals surface area contributed by atoms with E-state index in [0.29, 0.717) is 5.57 Å². The largest absolute Gasteiger partial charge is 0.272 e. The molecule has 1 aliphatic heterocycles. The molecule has 0 fully saturated rings. The fourth-order valence-corrected chi connectivity index (χ4v) is 2.55. The van der Waals surface area contributed by atoms with Gasteiger partial charge in [-0.1, -0.05) is 0 Å². The standard InChI is InChI=1S/C12H13NO2S/c1-8-5-11(14)13(12(8)15)9(2)6-10-3-4-16-7-10/h3-5,7,9H,6H2,1-2H3. The van der Waals surface area contributed by atoms with E-state index in [1.165, 1.54) is 16.5 Å². The first-order valence-corrected chi connectivity index (χ1v) is 6.11. The highest BCUT2D eigenvalue weighted by Crippen LogP contribution is 2.18. The minimum Gasteiger partial charge on any atom is -0.272 e. The van der Waals surface area contributed by atoms with E-state index >= 15 is 0 Å². The van der Waals surface area contributed by atoms with Gasteiger partial charge in [0.1, 0.15) is 0 Å². The van der Waals surface area contributed by atoms with Crippen molar-refractivity contribution in [2.24, 2.45) is 0 Å². The Morgan fingerprint density at radius 1 is 1.44 bits per heavy atom. The summed E-state index contributed by atoms with van der Waals surface area (Å²) in [5.74, 6) is -0.349. The van der Waals surface area contributed by atoms with Gasteiger partial charge in [0.2, 0.25) is 0 Å². The first kappa shape index (κ1) is 11.1. The van der Waals surface area contributed by atoms with Crippen LogP contribution in [-0.4, -0.2) is 22.8 Å². The third-order valence-corrected chi connectivity index (χ3v) is 3.42. The Hall–Kier alpha value is -1.42. The van der Waals surface area contributed by atoms with Gasteiger partial charge in [-0.3, -0.25) is 14.5 Å². The predicted octanol–water partition coefficient (Wildman–Crippen LogP) is 1.99. The molecule has 0 bridgehead atoms. The molecule has 1 aliphatic rings. The molecule has 0 aromatic carbocycles. The van der Waals surface area contributed by atoms with E-state index in [1.54, 1.807) is 18.3 Å². The van der Waals surface area contributed by atoms with Crippen LogP contribution in [-0.2, 0) is 16.0 Å². The number of rotatable bonds is 3. The summed E-state index contributed by atoms with van der Waals surface area (Å²) in [6, 6.07) is 1.94. The summed E-state index contributed by atoms with van der Waals surface area (Å²) in [6.45, 7) is 3.58. The highest BCUT2D eigenvalue weighted by molar-refractivity contribution is 7.07. The fraction of sp³-hybridized carbons (Fsp3) is 0.333. The van der Waals surface area contributed by atoms with Crippen LogP contribution in [0.2, 0.25) is 0 Å². The van der Waals surface area contributed by atoms with Gasteiger partial charge >= 0.3 is 0 Å². The lowest BCUT2D eigenvalue weighted by molar-refractivity contribution is -0.139. The van der Waals surface area contributed by atoms with Gasteiger partial charge in [-0.25, -0.2) is 0 Å². The van der Waals surface area contributed by atoms with Crippen molar-refractivity contribution in [3.63, 3.8) is 0 Å². The summed E-state index contributed by atoms with van der Waals surface area (Å²) in [6.07, 6.45) is 2.13. The van der Waals surface area contributed by atoms with Crippen molar-refractivity contribution in [2.45, 2.75) is 26.3 Å². The second-order valence-corrected chi connectivity index (χ2v) is 4.81. The molecule has 4 heteroatoms. The molecular formula is C12H13NO2S. The predicted molar refractivity (Wildman–Crippen MR) is 63.1 cm³/mol. The zero-order chi connectivity index (χ0) is 11.7. The van der Waals surface area contributed by atoms with Crippen molar-refractivity contribution in [1.29, 1.82) is 0 Å². The number of hydrogen-bond donors (Lipinski definition) is 0. The number of nitrogens with zero attached hydrogens (tertiary/aromatic N) is 1. The Morgan fingerprint density at radius 2 is 2.19 bits per heavy atom. The monoisotopic (exact) mass is 235 g/mol. The van der Waals surface area contributed by atoms with Gasteiger partial charge in [-0.2, -0.15) is 11.3 Å². The smallest absolute Gasteiger partial charge is 0.256 e. The quantitative estimate of drug-likeness (QED) is 0.751. The number of hydrogen-bond acceptors (Lipinski definition) is 3. The second-order valence-electron chi connectivity index (χ2n) is 4.03. The number of carbonyl (C=O) groups is 2. The van der Waals surface area contributed by atoms with E-state index < -0.39 is 0 Å². The normalized spacial score (nSPS) is 17.9. The van der Waals surface area contributed by atoms with Crippen LogP contribution >= 0.6 is 11.3 Å². The third kappa shape index (κ3) is 1.93. The lowest BCUT2D eigenvalue weighted by atomic mass is 10.1. The van der Waals surface area contributed by atoms with Crippen molar-refractivity contribution >= 4 is 23.2 Å². The molecule has 1 unspecified atom stereocenters. The molecule has 0 aliphatic carbocycles. The van der Waals surface area contributed by atoms with E-state index in [4.69, 9.17) is 0 Å². The maximum absolute atomic E-state index is 11.7. The maximum atomic E-state index is 11.7. The van der Waals surface area contributed by atoms with Crippen LogP contribution in [0.4, 0.5) is 0 Å². The molecule has 0 N–H and O–H groups in total. The van der Waals surface area contributed by atoms with Gasteiger partial charge in [0.25, 0.3) is 11.8 Å². The summed E-state index contributed by atoms with van der Waals surface area (Å²) in [7, 11) is 0. The average Bonchev–Trinajstić information content (AvgIpc) is 2.77. The highest BCUT2D eigenvalue weighted by atomic mass is 32.1. The second kappa shape index (κ2) is 4.22. The SMILES string of the molecule is CC1=CC(=O)N(C(C)Cc2ccsc2)C1=O. The minimum atomic E-state index is -0.190. The Balaban J connectivity index is 2.09. The number of thiophene rings is 1. The molecule has 1 atom stereocenters.